The summed E-state index contributed by atoms with van der Waals surface area (Å²) < 4.78 is 0. The van der Waals surface area contributed by atoms with Gasteiger partial charge in [0.2, 0.25) is 17.7 Å². The first kappa shape index (κ1) is 30.0. The smallest absolute Gasteiger partial charge is 0.325 e. The van der Waals surface area contributed by atoms with E-state index in [0.29, 0.717) is 5.69 Å². The van der Waals surface area contributed by atoms with E-state index in [0.717, 1.165) is 32.9 Å². The summed E-state index contributed by atoms with van der Waals surface area (Å²) in [5.74, 6) is -3.09. The molecule has 3 heterocycles. The number of hydrogen-bond donors (Lipinski definition) is 8. The zero-order chi connectivity index (χ0) is 31.2. The number of benzene rings is 2. The van der Waals surface area contributed by atoms with Gasteiger partial charge >= 0.3 is 5.97 Å². The molecule has 5 rings (SSSR count). The van der Waals surface area contributed by atoms with Crippen molar-refractivity contribution in [2.24, 2.45) is 5.73 Å². The minimum Gasteiger partial charge on any atom is -0.480 e. The number of fused-ring (bicyclic) bond motifs is 2. The average molecular weight is 599 g/mol. The number of nitrogens with two attached hydrogens (primary N) is 1. The van der Waals surface area contributed by atoms with Crippen LogP contribution in [0.15, 0.2) is 73.4 Å². The fraction of sp³-hybridized carbons (Fsp3) is 0.258. The molecule has 3 aromatic heterocycles. The van der Waals surface area contributed by atoms with Gasteiger partial charge in [-0.15, -0.1) is 0 Å². The second-order valence-electron chi connectivity index (χ2n) is 10.7. The molecule has 13 heteroatoms. The van der Waals surface area contributed by atoms with Crippen molar-refractivity contribution in [1.29, 1.82) is 0 Å². The van der Waals surface area contributed by atoms with Crippen LogP contribution >= 0.6 is 0 Å². The number of amides is 3. The number of nitrogens with zero attached hydrogens (tertiary/aromatic N) is 1. The van der Waals surface area contributed by atoms with Crippen molar-refractivity contribution in [1.82, 2.24) is 35.9 Å². The number of rotatable bonds is 13. The summed E-state index contributed by atoms with van der Waals surface area (Å²) in [6.45, 7) is 1.32. The lowest BCUT2D eigenvalue weighted by atomic mass is 10.0. The molecule has 0 spiro atoms. The zero-order valence-electron chi connectivity index (χ0n) is 24.0. The molecule has 44 heavy (non-hydrogen) atoms. The summed E-state index contributed by atoms with van der Waals surface area (Å²) in [5.41, 5.74) is 10.3. The number of para-hydroxylation sites is 2. The third-order valence-corrected chi connectivity index (χ3v) is 7.52. The second-order valence-corrected chi connectivity index (χ2v) is 10.7. The summed E-state index contributed by atoms with van der Waals surface area (Å²) in [6.07, 6.45) is 6.86. The first-order chi connectivity index (χ1) is 21.2. The van der Waals surface area contributed by atoms with Crippen molar-refractivity contribution in [2.45, 2.75) is 50.4 Å². The molecule has 0 fully saturated rings. The summed E-state index contributed by atoms with van der Waals surface area (Å²) in [5, 5.41) is 19.0. The van der Waals surface area contributed by atoms with Gasteiger partial charge in [0.15, 0.2) is 0 Å². The minimum atomic E-state index is -1.22. The van der Waals surface area contributed by atoms with Crippen LogP contribution in [0, 0.1) is 0 Å². The predicted octanol–water partition coefficient (Wildman–Crippen LogP) is 1.29. The van der Waals surface area contributed by atoms with E-state index in [2.05, 4.69) is 35.9 Å². The first-order valence-electron chi connectivity index (χ1n) is 14.2. The molecular weight excluding hydrogens is 564 g/mol. The Hall–Kier alpha value is -5.43. The van der Waals surface area contributed by atoms with E-state index in [-0.39, 0.29) is 19.3 Å². The van der Waals surface area contributed by atoms with Crippen LogP contribution in [-0.4, -0.2) is 72.9 Å². The highest BCUT2D eigenvalue weighted by Crippen LogP contribution is 2.21. The van der Waals surface area contributed by atoms with Crippen LogP contribution in [0.3, 0.4) is 0 Å². The van der Waals surface area contributed by atoms with Crippen LogP contribution in [0.1, 0.15) is 23.7 Å². The largest absolute Gasteiger partial charge is 0.480 e. The van der Waals surface area contributed by atoms with Crippen molar-refractivity contribution in [2.75, 3.05) is 0 Å². The molecular formula is C31H34N8O5. The van der Waals surface area contributed by atoms with Gasteiger partial charge in [-0.3, -0.25) is 19.2 Å². The molecule has 5 aromatic rings. The lowest BCUT2D eigenvalue weighted by molar-refractivity contribution is -0.141. The number of aromatic nitrogens is 4. The molecule has 4 unspecified atom stereocenters. The van der Waals surface area contributed by atoms with Gasteiger partial charge in [0.25, 0.3) is 0 Å². The predicted molar refractivity (Wildman–Crippen MR) is 163 cm³/mol. The van der Waals surface area contributed by atoms with Crippen molar-refractivity contribution in [3.63, 3.8) is 0 Å². The zero-order valence-corrected chi connectivity index (χ0v) is 24.0. The van der Waals surface area contributed by atoms with E-state index >= 15 is 0 Å². The second kappa shape index (κ2) is 13.3. The number of aliphatic carboxylic acids is 1. The van der Waals surface area contributed by atoms with Crippen LogP contribution in [0.4, 0.5) is 0 Å². The Bertz CT molecular complexity index is 1780. The highest BCUT2D eigenvalue weighted by molar-refractivity contribution is 5.95. The topological polar surface area (TPSA) is 211 Å². The van der Waals surface area contributed by atoms with Gasteiger partial charge in [-0.1, -0.05) is 36.4 Å². The standard InChI is InChI=1S/C31H34N8O5/c1-17(31(43)44)37-29(41)27(12-20-15-33-16-36-20)39-30(42)26(11-19-14-35-25-9-5-3-7-22(19)25)38-28(40)23(32)10-18-13-34-24-8-4-2-6-21(18)24/h2-9,13-17,23,26-27,34-35H,10-12,32H2,1H3,(H,33,36)(H,37,41)(H,38,40)(H,39,42)(H,43,44). The fourth-order valence-corrected chi connectivity index (χ4v) is 5.11. The number of nitrogens with one attached hydrogen (secondary N) is 6. The van der Waals surface area contributed by atoms with E-state index in [1.807, 2.05) is 54.7 Å². The number of H-pyrrole nitrogens is 3. The molecule has 13 nitrogen and oxygen atoms in total. The Morgan fingerprint density at radius 2 is 1.32 bits per heavy atom. The Kier molecular flexibility index (Phi) is 9.05. The van der Waals surface area contributed by atoms with Gasteiger partial charge in [0, 0.05) is 58.9 Å². The summed E-state index contributed by atoms with van der Waals surface area (Å²) >= 11 is 0. The lowest BCUT2D eigenvalue weighted by Crippen LogP contribution is -2.58. The number of hydrogen-bond acceptors (Lipinski definition) is 6. The van der Waals surface area contributed by atoms with Crippen molar-refractivity contribution in [3.8, 4) is 0 Å². The van der Waals surface area contributed by atoms with Gasteiger partial charge in [0.1, 0.15) is 18.1 Å². The third-order valence-electron chi connectivity index (χ3n) is 7.52. The molecule has 0 saturated carbocycles. The SMILES string of the molecule is CC(NC(=O)C(Cc1cnc[nH]1)NC(=O)C(Cc1c[nH]c2ccccc12)NC(=O)C(N)Cc1c[nH]c2ccccc12)C(=O)O. The Labute approximate surface area is 252 Å². The average Bonchev–Trinajstić information content (AvgIpc) is 3.77. The molecule has 0 aliphatic carbocycles. The quantitative estimate of drug-likeness (QED) is 0.0994. The van der Waals surface area contributed by atoms with Gasteiger partial charge in [-0.05, 0) is 36.6 Å². The fourth-order valence-electron chi connectivity index (χ4n) is 5.11. The molecule has 4 atom stereocenters. The number of carboxylic acids is 1. The van der Waals surface area contributed by atoms with Crippen molar-refractivity contribution in [3.05, 3.63) is 90.3 Å². The summed E-state index contributed by atoms with van der Waals surface area (Å²) in [4.78, 5) is 64.9. The van der Waals surface area contributed by atoms with E-state index in [9.17, 15) is 24.3 Å². The van der Waals surface area contributed by atoms with E-state index in [1.165, 1.54) is 19.4 Å². The number of aromatic amines is 3. The summed E-state index contributed by atoms with van der Waals surface area (Å²) in [6, 6.07) is 10.8. The third kappa shape index (κ3) is 6.95. The number of carboxylic acid groups (broad SMARTS) is 1. The highest BCUT2D eigenvalue weighted by atomic mass is 16.4. The number of imidazole rings is 1. The molecule has 3 amide bonds. The van der Waals surface area contributed by atoms with Crippen LogP contribution in [0.25, 0.3) is 21.8 Å². The van der Waals surface area contributed by atoms with Crippen LogP contribution in [0.5, 0.6) is 0 Å². The maximum atomic E-state index is 13.8. The van der Waals surface area contributed by atoms with Gasteiger partial charge < -0.3 is 41.7 Å². The number of carbonyl (C=O) groups is 4. The molecule has 0 bridgehead atoms. The molecule has 9 N–H and O–H groups in total. The normalized spacial score (nSPS) is 14.0. The Morgan fingerprint density at radius 3 is 1.91 bits per heavy atom. The monoisotopic (exact) mass is 598 g/mol. The summed E-state index contributed by atoms with van der Waals surface area (Å²) in [7, 11) is 0. The molecule has 0 radical (unpaired) electrons. The first-order valence-corrected chi connectivity index (χ1v) is 14.2. The maximum absolute atomic E-state index is 13.8. The van der Waals surface area contributed by atoms with Gasteiger partial charge in [-0.2, -0.15) is 0 Å². The van der Waals surface area contributed by atoms with E-state index < -0.39 is 47.9 Å². The maximum Gasteiger partial charge on any atom is 0.325 e. The van der Waals surface area contributed by atoms with Crippen LogP contribution < -0.4 is 21.7 Å². The Balaban J connectivity index is 1.37. The number of carbonyl (C=O) groups excluding carboxylic acids is 3. The lowest BCUT2D eigenvalue weighted by Gasteiger charge is -2.24. The van der Waals surface area contributed by atoms with Crippen LogP contribution in [0.2, 0.25) is 0 Å². The molecule has 228 valence electrons. The van der Waals surface area contributed by atoms with Crippen molar-refractivity contribution >= 4 is 45.5 Å². The van der Waals surface area contributed by atoms with E-state index in [4.69, 9.17) is 5.73 Å². The molecule has 0 aliphatic rings. The van der Waals surface area contributed by atoms with Gasteiger partial charge in [0.05, 0.1) is 12.4 Å². The Morgan fingerprint density at radius 1 is 0.773 bits per heavy atom. The molecule has 0 aliphatic heterocycles. The van der Waals surface area contributed by atoms with Crippen molar-refractivity contribution < 1.29 is 24.3 Å². The molecule has 2 aromatic carbocycles. The minimum absolute atomic E-state index is 0.0116. The highest BCUT2D eigenvalue weighted by Gasteiger charge is 2.31. The molecule has 0 saturated heterocycles. The van der Waals surface area contributed by atoms with Crippen LogP contribution in [-0.2, 0) is 38.4 Å². The van der Waals surface area contributed by atoms with E-state index in [1.54, 1.807) is 6.20 Å². The van der Waals surface area contributed by atoms with Gasteiger partial charge in [-0.25, -0.2) is 4.98 Å².